The highest BCUT2D eigenvalue weighted by Crippen LogP contribution is 2.37. The van der Waals surface area contributed by atoms with Crippen LogP contribution in [0.3, 0.4) is 0 Å². The topological polar surface area (TPSA) is 55.8 Å². The molecule has 7 heteroatoms. The van der Waals surface area contributed by atoms with Crippen LogP contribution in [0.4, 0.5) is 0 Å². The number of hydrogen-bond donors (Lipinski definition) is 0. The first kappa shape index (κ1) is 21.9. The fourth-order valence-electron chi connectivity index (χ4n) is 2.73. The first-order valence-electron chi connectivity index (χ1n) is 9.18. The molecule has 1 heterocycles. The second-order valence-electron chi connectivity index (χ2n) is 7.82. The Morgan fingerprint density at radius 2 is 1.59 bits per heavy atom. The summed E-state index contributed by atoms with van der Waals surface area (Å²) in [6.45, 7) is 14.2. The molecule has 0 N–H and O–H groups in total. The fourth-order valence-corrected chi connectivity index (χ4v) is 4.10. The Morgan fingerprint density at radius 1 is 1.04 bits per heavy atom. The first-order chi connectivity index (χ1) is 12.5. The third-order valence-corrected chi connectivity index (χ3v) is 6.94. The predicted molar refractivity (Wildman–Crippen MR) is 110 cm³/mol. The Bertz CT molecular complexity index is 769. The summed E-state index contributed by atoms with van der Waals surface area (Å²) in [5.41, 5.74) is 0.288. The van der Waals surface area contributed by atoms with Crippen LogP contribution < -0.4 is 0 Å². The lowest BCUT2D eigenvalue weighted by Crippen LogP contribution is -2.41. The first-order valence-corrected chi connectivity index (χ1v) is 10.6. The molecule has 27 heavy (non-hydrogen) atoms. The molecule has 0 amide bonds. The quantitative estimate of drug-likeness (QED) is 0.499. The van der Waals surface area contributed by atoms with Gasteiger partial charge >= 0.3 is 7.12 Å². The highest BCUT2D eigenvalue weighted by atomic mass is 32.2. The normalized spacial score (nSPS) is 19.1. The predicted octanol–water partition coefficient (Wildman–Crippen LogP) is 3.82. The molecule has 0 bridgehead atoms. The van der Waals surface area contributed by atoms with Gasteiger partial charge in [0, 0.05) is 19.4 Å². The third-order valence-electron chi connectivity index (χ3n) is 5.10. The Morgan fingerprint density at radius 3 is 2.11 bits per heavy atom. The number of aryl methyl sites for hydroxylation is 1. The van der Waals surface area contributed by atoms with Crippen LogP contribution in [0.1, 0.15) is 33.3 Å². The molecule has 2 rings (SSSR count). The zero-order chi connectivity index (χ0) is 20.3. The van der Waals surface area contributed by atoms with Crippen molar-refractivity contribution in [1.82, 2.24) is 4.31 Å². The second-order valence-corrected chi connectivity index (χ2v) is 9.75. The van der Waals surface area contributed by atoms with E-state index in [9.17, 15) is 8.42 Å². The van der Waals surface area contributed by atoms with Gasteiger partial charge in [0.2, 0.25) is 10.0 Å². The van der Waals surface area contributed by atoms with Crippen molar-refractivity contribution in [3.63, 3.8) is 0 Å². The zero-order valence-electron chi connectivity index (χ0n) is 16.9. The summed E-state index contributed by atoms with van der Waals surface area (Å²) in [5.74, 6) is 0. The molecule has 0 unspecified atom stereocenters. The minimum absolute atomic E-state index is 0.247. The molecule has 0 aliphatic carbocycles. The monoisotopic (exact) mass is 391 g/mol. The van der Waals surface area contributed by atoms with Gasteiger partial charge in [0.1, 0.15) is 0 Å². The maximum absolute atomic E-state index is 12.8. The van der Waals surface area contributed by atoms with E-state index < -0.39 is 10.0 Å². The van der Waals surface area contributed by atoms with E-state index in [-0.39, 0.29) is 36.3 Å². The van der Waals surface area contributed by atoms with Crippen LogP contribution in [0.2, 0.25) is 6.32 Å². The van der Waals surface area contributed by atoms with Gasteiger partial charge < -0.3 is 9.31 Å². The number of nitrogens with zero attached hydrogens (tertiary/aromatic N) is 1. The lowest BCUT2D eigenvalue weighted by Gasteiger charge is -2.32. The van der Waals surface area contributed by atoms with Crippen LogP contribution in [0.15, 0.2) is 54.0 Å². The van der Waals surface area contributed by atoms with Gasteiger partial charge in [-0.05, 0) is 46.8 Å². The molecule has 1 aromatic rings. The van der Waals surface area contributed by atoms with Crippen molar-refractivity contribution in [2.45, 2.75) is 57.0 Å². The lowest BCUT2D eigenvalue weighted by molar-refractivity contribution is 0.00578. The number of benzene rings is 1. The van der Waals surface area contributed by atoms with E-state index >= 15 is 0 Å². The smallest absolute Gasteiger partial charge is 0.403 e. The molecule has 1 fully saturated rings. The molecule has 1 saturated heterocycles. The maximum atomic E-state index is 12.8. The van der Waals surface area contributed by atoms with Crippen molar-refractivity contribution in [2.24, 2.45) is 0 Å². The molecule has 0 atom stereocenters. The van der Waals surface area contributed by atoms with E-state index in [2.05, 4.69) is 6.58 Å². The summed E-state index contributed by atoms with van der Waals surface area (Å²) in [7, 11) is -3.89. The van der Waals surface area contributed by atoms with Crippen molar-refractivity contribution >= 4 is 17.1 Å². The fraction of sp³-hybridized carbons (Fsp3) is 0.500. The Labute approximate surface area is 164 Å². The highest BCUT2D eigenvalue weighted by Gasteiger charge is 2.50. The largest absolute Gasteiger partial charge is 0.461 e. The Hall–Kier alpha value is -1.41. The van der Waals surface area contributed by atoms with Gasteiger partial charge in [-0.1, -0.05) is 35.9 Å². The van der Waals surface area contributed by atoms with Crippen LogP contribution in [0.5, 0.6) is 0 Å². The summed E-state index contributed by atoms with van der Waals surface area (Å²) < 4.78 is 39.0. The third kappa shape index (κ3) is 5.10. The SMILES string of the molecule is C=CCN(C/C=C/CB1OC(C)(C)C(C)(C)O1)S(=O)(=O)c1ccc(C)cc1. The Kier molecular flexibility index (Phi) is 6.74. The van der Waals surface area contributed by atoms with Crippen LogP contribution in [0, 0.1) is 6.92 Å². The molecule has 1 aliphatic heterocycles. The average molecular weight is 391 g/mol. The molecule has 0 spiro atoms. The van der Waals surface area contributed by atoms with Crippen molar-refractivity contribution in [1.29, 1.82) is 0 Å². The number of allylic oxidation sites excluding steroid dienone is 1. The van der Waals surface area contributed by atoms with Crippen molar-refractivity contribution in [3.8, 4) is 0 Å². The van der Waals surface area contributed by atoms with Crippen LogP contribution in [-0.4, -0.2) is 44.1 Å². The second kappa shape index (κ2) is 8.31. The van der Waals surface area contributed by atoms with E-state index in [0.29, 0.717) is 6.32 Å². The molecule has 1 aliphatic rings. The minimum atomic E-state index is -3.57. The summed E-state index contributed by atoms with van der Waals surface area (Å²) in [4.78, 5) is 0.286. The molecule has 0 radical (unpaired) electrons. The average Bonchev–Trinajstić information content (AvgIpc) is 2.77. The lowest BCUT2D eigenvalue weighted by atomic mass is 9.85. The summed E-state index contributed by atoms with van der Waals surface area (Å²) >= 11 is 0. The minimum Gasteiger partial charge on any atom is -0.403 e. The van der Waals surface area contributed by atoms with Crippen molar-refractivity contribution in [3.05, 3.63) is 54.6 Å². The van der Waals surface area contributed by atoms with Crippen molar-refractivity contribution in [2.75, 3.05) is 13.1 Å². The van der Waals surface area contributed by atoms with E-state index in [1.807, 2.05) is 46.8 Å². The molecule has 1 aromatic carbocycles. The molecular weight excluding hydrogens is 361 g/mol. The summed E-state index contributed by atoms with van der Waals surface area (Å²) in [5, 5.41) is 0. The van der Waals surface area contributed by atoms with Crippen LogP contribution >= 0.6 is 0 Å². The molecular formula is C20H30BNO4S. The van der Waals surface area contributed by atoms with Crippen molar-refractivity contribution < 1.29 is 17.7 Å². The molecule has 0 saturated carbocycles. The van der Waals surface area contributed by atoms with Gasteiger partial charge in [-0.2, -0.15) is 4.31 Å². The number of sulfonamides is 1. The highest BCUT2D eigenvalue weighted by molar-refractivity contribution is 7.89. The van der Waals surface area contributed by atoms with Gasteiger partial charge in [0.05, 0.1) is 16.1 Å². The van der Waals surface area contributed by atoms with E-state index in [1.54, 1.807) is 30.3 Å². The molecule has 5 nitrogen and oxygen atoms in total. The van der Waals surface area contributed by atoms with E-state index in [1.165, 1.54) is 4.31 Å². The summed E-state index contributed by atoms with van der Waals surface area (Å²) in [6.07, 6.45) is 5.90. The summed E-state index contributed by atoms with van der Waals surface area (Å²) in [6, 6.07) is 6.86. The number of hydrogen-bond acceptors (Lipinski definition) is 4. The van der Waals surface area contributed by atoms with Gasteiger partial charge in [0.25, 0.3) is 0 Å². The van der Waals surface area contributed by atoms with Crippen LogP contribution in [0.25, 0.3) is 0 Å². The zero-order valence-corrected chi connectivity index (χ0v) is 17.8. The standard InChI is InChI=1S/C20H30BNO4S/c1-7-15-22(27(23,24)18-12-10-17(2)11-13-18)16-9-8-14-21-25-19(3,4)20(5,6)26-21/h7-13H,1,14-16H2,2-6H3/b9-8+. The van der Waals surface area contributed by atoms with E-state index in [4.69, 9.17) is 9.31 Å². The Balaban J connectivity index is 2.01. The maximum Gasteiger partial charge on any atom is 0.461 e. The van der Waals surface area contributed by atoms with Gasteiger partial charge in [0.15, 0.2) is 0 Å². The van der Waals surface area contributed by atoms with E-state index in [0.717, 1.165) is 5.56 Å². The van der Waals surface area contributed by atoms with Gasteiger partial charge in [-0.25, -0.2) is 8.42 Å². The van der Waals surface area contributed by atoms with Gasteiger partial charge in [-0.15, -0.1) is 6.58 Å². The van der Waals surface area contributed by atoms with Gasteiger partial charge in [-0.3, -0.25) is 0 Å². The molecule has 0 aromatic heterocycles. The molecule has 148 valence electrons. The van der Waals surface area contributed by atoms with Crippen LogP contribution in [-0.2, 0) is 19.3 Å². The number of rotatable bonds is 8.